The van der Waals surface area contributed by atoms with Gasteiger partial charge in [0.15, 0.2) is 0 Å². The summed E-state index contributed by atoms with van der Waals surface area (Å²) in [5.74, 6) is 2.55. The lowest BCUT2D eigenvalue weighted by Gasteiger charge is -2.05. The van der Waals surface area contributed by atoms with Crippen LogP contribution >= 0.6 is 0 Å². The van der Waals surface area contributed by atoms with Crippen LogP contribution in [0.4, 0.5) is 0 Å². The van der Waals surface area contributed by atoms with Crippen molar-refractivity contribution in [3.8, 4) is 12.3 Å². The van der Waals surface area contributed by atoms with Gasteiger partial charge in [-0.05, 0) is 30.7 Å². The van der Waals surface area contributed by atoms with E-state index in [4.69, 9.17) is 6.42 Å². The fourth-order valence-corrected chi connectivity index (χ4v) is 1.47. The van der Waals surface area contributed by atoms with Crippen LogP contribution < -0.4 is 10.6 Å². The molecule has 0 aliphatic rings. The molecular weight excluding hydrogens is 212 g/mol. The van der Waals surface area contributed by atoms with Gasteiger partial charge in [0.2, 0.25) is 0 Å². The average Bonchev–Trinajstić information content (AvgIpc) is 2.38. The number of terminal acetylenes is 1. The molecule has 2 N–H and O–H groups in total. The van der Waals surface area contributed by atoms with Gasteiger partial charge >= 0.3 is 0 Å². The molecule has 1 rings (SSSR count). The largest absolute Gasteiger partial charge is 0.355 e. The van der Waals surface area contributed by atoms with Crippen LogP contribution in [0.1, 0.15) is 28.8 Å². The van der Waals surface area contributed by atoms with Crippen molar-refractivity contribution >= 4 is 5.91 Å². The van der Waals surface area contributed by atoms with Crippen molar-refractivity contribution in [1.29, 1.82) is 0 Å². The van der Waals surface area contributed by atoms with Gasteiger partial charge in [0.25, 0.3) is 5.91 Å². The monoisotopic (exact) mass is 230 g/mol. The number of carbonyl (C=O) groups is 1. The summed E-state index contributed by atoms with van der Waals surface area (Å²) >= 11 is 0. The van der Waals surface area contributed by atoms with E-state index in [1.165, 1.54) is 5.56 Å². The molecule has 0 fully saturated rings. The van der Waals surface area contributed by atoms with E-state index in [2.05, 4.69) is 16.6 Å². The summed E-state index contributed by atoms with van der Waals surface area (Å²) in [6.45, 7) is 1.72. The smallest absolute Gasteiger partial charge is 0.251 e. The molecule has 0 heterocycles. The summed E-state index contributed by atoms with van der Waals surface area (Å²) in [6.07, 6.45) is 6.97. The van der Waals surface area contributed by atoms with Gasteiger partial charge in [-0.25, -0.2) is 0 Å². The molecule has 0 saturated carbocycles. The Balaban J connectivity index is 2.36. The van der Waals surface area contributed by atoms with Gasteiger partial charge in [-0.15, -0.1) is 12.3 Å². The Kier molecular flexibility index (Phi) is 5.84. The third kappa shape index (κ3) is 4.71. The molecule has 1 amide bonds. The minimum atomic E-state index is -0.0569. The van der Waals surface area contributed by atoms with Crippen molar-refractivity contribution in [3.63, 3.8) is 0 Å². The van der Waals surface area contributed by atoms with Crippen LogP contribution in [-0.2, 0) is 6.54 Å². The average molecular weight is 230 g/mol. The maximum absolute atomic E-state index is 11.3. The van der Waals surface area contributed by atoms with Gasteiger partial charge in [-0.2, -0.15) is 0 Å². The molecule has 0 bridgehead atoms. The Morgan fingerprint density at radius 1 is 1.35 bits per heavy atom. The lowest BCUT2D eigenvalue weighted by atomic mass is 10.1. The quantitative estimate of drug-likeness (QED) is 0.575. The second-order valence-corrected chi connectivity index (χ2v) is 3.76. The van der Waals surface area contributed by atoms with Gasteiger partial charge in [-0.1, -0.05) is 12.1 Å². The first kappa shape index (κ1) is 13.3. The van der Waals surface area contributed by atoms with Gasteiger partial charge in [-0.3, -0.25) is 4.79 Å². The number of hydrogen-bond acceptors (Lipinski definition) is 2. The highest BCUT2D eigenvalue weighted by Crippen LogP contribution is 2.04. The van der Waals surface area contributed by atoms with Crippen molar-refractivity contribution < 1.29 is 4.79 Å². The molecule has 3 heteroatoms. The van der Waals surface area contributed by atoms with Crippen molar-refractivity contribution in [1.82, 2.24) is 10.6 Å². The van der Waals surface area contributed by atoms with E-state index in [0.29, 0.717) is 5.56 Å². The molecule has 90 valence electrons. The summed E-state index contributed by atoms with van der Waals surface area (Å²) in [5, 5.41) is 5.90. The van der Waals surface area contributed by atoms with Gasteiger partial charge in [0.1, 0.15) is 0 Å². The Bertz CT molecular complexity index is 390. The predicted octanol–water partition coefficient (Wildman–Crippen LogP) is 1.55. The Morgan fingerprint density at radius 2 is 2.06 bits per heavy atom. The fourth-order valence-electron chi connectivity index (χ4n) is 1.47. The van der Waals surface area contributed by atoms with Crippen molar-refractivity contribution in [3.05, 3.63) is 35.4 Å². The number of benzene rings is 1. The number of rotatable bonds is 6. The number of unbranched alkanes of at least 4 members (excludes halogenated alkanes) is 1. The fraction of sp³-hybridized carbons (Fsp3) is 0.357. The number of nitrogens with one attached hydrogen (secondary N) is 2. The maximum Gasteiger partial charge on any atom is 0.251 e. The Morgan fingerprint density at radius 3 is 2.65 bits per heavy atom. The molecule has 0 aliphatic carbocycles. The van der Waals surface area contributed by atoms with E-state index in [0.717, 1.165) is 25.9 Å². The second-order valence-electron chi connectivity index (χ2n) is 3.76. The summed E-state index contributed by atoms with van der Waals surface area (Å²) in [5.41, 5.74) is 1.85. The van der Waals surface area contributed by atoms with E-state index in [-0.39, 0.29) is 5.91 Å². The zero-order chi connectivity index (χ0) is 12.5. The molecule has 0 saturated heterocycles. The molecule has 0 aliphatic heterocycles. The molecule has 0 unspecified atom stereocenters. The normalized spacial score (nSPS) is 9.65. The van der Waals surface area contributed by atoms with Crippen LogP contribution in [-0.4, -0.2) is 19.5 Å². The standard InChI is InChI=1S/C14H18N2O/c1-3-4-5-10-16-11-12-6-8-13(9-7-12)14(17)15-2/h1,6-9,16H,4-5,10-11H2,2H3,(H,15,17). The van der Waals surface area contributed by atoms with E-state index in [9.17, 15) is 4.79 Å². The molecule has 0 spiro atoms. The summed E-state index contributed by atoms with van der Waals surface area (Å²) in [6, 6.07) is 7.58. The molecule has 17 heavy (non-hydrogen) atoms. The van der Waals surface area contributed by atoms with E-state index in [1.807, 2.05) is 24.3 Å². The molecular formula is C14H18N2O. The highest BCUT2D eigenvalue weighted by atomic mass is 16.1. The zero-order valence-electron chi connectivity index (χ0n) is 10.1. The molecule has 0 radical (unpaired) electrons. The first-order chi connectivity index (χ1) is 8.27. The van der Waals surface area contributed by atoms with Gasteiger partial charge < -0.3 is 10.6 Å². The third-order valence-corrected chi connectivity index (χ3v) is 2.45. The number of carbonyl (C=O) groups excluding carboxylic acids is 1. The van der Waals surface area contributed by atoms with E-state index < -0.39 is 0 Å². The van der Waals surface area contributed by atoms with Gasteiger partial charge in [0.05, 0.1) is 0 Å². The first-order valence-electron chi connectivity index (χ1n) is 5.73. The lowest BCUT2D eigenvalue weighted by molar-refractivity contribution is 0.0963. The number of hydrogen-bond donors (Lipinski definition) is 2. The van der Waals surface area contributed by atoms with Crippen LogP contribution in [0.3, 0.4) is 0 Å². The maximum atomic E-state index is 11.3. The Hall–Kier alpha value is -1.79. The summed E-state index contributed by atoms with van der Waals surface area (Å²) < 4.78 is 0. The van der Waals surface area contributed by atoms with Crippen LogP contribution in [0.25, 0.3) is 0 Å². The Labute approximate surface area is 103 Å². The summed E-state index contributed by atoms with van der Waals surface area (Å²) in [7, 11) is 1.63. The molecule has 3 nitrogen and oxygen atoms in total. The van der Waals surface area contributed by atoms with Crippen molar-refractivity contribution in [2.45, 2.75) is 19.4 Å². The molecule has 1 aromatic rings. The topological polar surface area (TPSA) is 41.1 Å². The third-order valence-electron chi connectivity index (χ3n) is 2.45. The SMILES string of the molecule is C#CCCCNCc1ccc(C(=O)NC)cc1. The molecule has 0 atom stereocenters. The van der Waals surface area contributed by atoms with Crippen molar-refractivity contribution in [2.24, 2.45) is 0 Å². The minimum absolute atomic E-state index is 0.0569. The van der Waals surface area contributed by atoms with Crippen LogP contribution in [0.2, 0.25) is 0 Å². The molecule has 1 aromatic carbocycles. The van der Waals surface area contributed by atoms with Crippen LogP contribution in [0, 0.1) is 12.3 Å². The van der Waals surface area contributed by atoms with Crippen LogP contribution in [0.15, 0.2) is 24.3 Å². The highest BCUT2D eigenvalue weighted by molar-refractivity contribution is 5.93. The zero-order valence-corrected chi connectivity index (χ0v) is 10.1. The number of amides is 1. The van der Waals surface area contributed by atoms with Gasteiger partial charge in [0, 0.05) is 25.6 Å². The van der Waals surface area contributed by atoms with Crippen LogP contribution in [0.5, 0.6) is 0 Å². The predicted molar refractivity (Wildman–Crippen MR) is 69.6 cm³/mol. The summed E-state index contributed by atoms with van der Waals surface area (Å²) in [4.78, 5) is 11.3. The van der Waals surface area contributed by atoms with Crippen molar-refractivity contribution in [2.75, 3.05) is 13.6 Å². The first-order valence-corrected chi connectivity index (χ1v) is 5.73. The highest BCUT2D eigenvalue weighted by Gasteiger charge is 2.01. The molecule has 0 aromatic heterocycles. The van der Waals surface area contributed by atoms with E-state index >= 15 is 0 Å². The van der Waals surface area contributed by atoms with E-state index in [1.54, 1.807) is 7.05 Å². The second kappa shape index (κ2) is 7.48. The minimum Gasteiger partial charge on any atom is -0.355 e. The lowest BCUT2D eigenvalue weighted by Crippen LogP contribution is -2.18.